The Labute approximate surface area is 118 Å². The summed E-state index contributed by atoms with van der Waals surface area (Å²) in [5.41, 5.74) is 2.95. The Kier molecular flexibility index (Phi) is 2.38. The van der Waals surface area contributed by atoms with Crippen LogP contribution in [0.4, 0.5) is 4.39 Å². The molecule has 1 aliphatic heterocycles. The van der Waals surface area contributed by atoms with Gasteiger partial charge in [0.1, 0.15) is 11.5 Å². The lowest BCUT2D eigenvalue weighted by atomic mass is 10.1. The molecule has 98 valence electrons. The molecule has 1 spiro atoms. The van der Waals surface area contributed by atoms with Gasteiger partial charge in [-0.1, -0.05) is 0 Å². The van der Waals surface area contributed by atoms with Gasteiger partial charge in [0, 0.05) is 5.56 Å². The van der Waals surface area contributed by atoms with Crippen LogP contribution in [-0.4, -0.2) is 16.4 Å². The van der Waals surface area contributed by atoms with Gasteiger partial charge in [-0.2, -0.15) is 5.10 Å². The average molecular weight is 323 g/mol. The van der Waals surface area contributed by atoms with Crippen LogP contribution in [0.1, 0.15) is 18.5 Å². The number of rotatable bonds is 1. The van der Waals surface area contributed by atoms with Crippen LogP contribution in [0.5, 0.6) is 0 Å². The van der Waals surface area contributed by atoms with E-state index >= 15 is 0 Å². The van der Waals surface area contributed by atoms with Crippen LogP contribution in [0.15, 0.2) is 28.7 Å². The van der Waals surface area contributed by atoms with E-state index in [1.807, 2.05) is 0 Å². The summed E-state index contributed by atoms with van der Waals surface area (Å²) in [6, 6.07) is 6.44. The lowest BCUT2D eigenvalue weighted by molar-refractivity contribution is 0.0406. The number of fused-ring (bicyclic) bond motifs is 2. The Balaban J connectivity index is 1.86. The van der Waals surface area contributed by atoms with E-state index in [-0.39, 0.29) is 11.4 Å². The highest BCUT2D eigenvalue weighted by atomic mass is 79.9. The maximum Gasteiger partial charge on any atom is 0.123 e. The van der Waals surface area contributed by atoms with Crippen LogP contribution >= 0.6 is 15.9 Å². The van der Waals surface area contributed by atoms with Gasteiger partial charge >= 0.3 is 0 Å². The average Bonchev–Trinajstić information content (AvgIpc) is 3.10. The summed E-state index contributed by atoms with van der Waals surface area (Å²) in [5, 5.41) is 4.73. The van der Waals surface area contributed by atoms with Crippen molar-refractivity contribution < 1.29 is 9.13 Å². The molecular formula is C14H12BrFN2O. The van der Waals surface area contributed by atoms with Gasteiger partial charge in [-0.05, 0) is 53.0 Å². The normalized spacial score (nSPS) is 19.5. The fraction of sp³-hybridized carbons (Fsp3) is 0.357. The molecule has 4 rings (SSSR count). The fourth-order valence-corrected chi connectivity index (χ4v) is 3.23. The quantitative estimate of drug-likeness (QED) is 0.803. The lowest BCUT2D eigenvalue weighted by Crippen LogP contribution is -2.31. The highest BCUT2D eigenvalue weighted by Crippen LogP contribution is 2.48. The molecule has 3 nitrogen and oxygen atoms in total. The fourth-order valence-electron chi connectivity index (χ4n) is 2.64. The van der Waals surface area contributed by atoms with E-state index in [0.29, 0.717) is 6.61 Å². The smallest absolute Gasteiger partial charge is 0.123 e. The topological polar surface area (TPSA) is 27.1 Å². The molecule has 1 aromatic heterocycles. The molecule has 0 unspecified atom stereocenters. The van der Waals surface area contributed by atoms with E-state index in [1.165, 1.54) is 12.1 Å². The predicted molar refractivity (Wildman–Crippen MR) is 72.2 cm³/mol. The van der Waals surface area contributed by atoms with Gasteiger partial charge in [-0.25, -0.2) is 4.39 Å². The van der Waals surface area contributed by atoms with Crippen molar-refractivity contribution >= 4 is 15.9 Å². The molecule has 2 aliphatic rings. The first-order valence-electron chi connectivity index (χ1n) is 6.31. The summed E-state index contributed by atoms with van der Waals surface area (Å²) >= 11 is 3.61. The number of hydrogen-bond acceptors (Lipinski definition) is 2. The number of benzene rings is 1. The monoisotopic (exact) mass is 322 g/mol. The second-order valence-electron chi connectivity index (χ2n) is 5.25. The highest BCUT2D eigenvalue weighted by Gasteiger charge is 2.49. The van der Waals surface area contributed by atoms with E-state index < -0.39 is 0 Å². The van der Waals surface area contributed by atoms with E-state index in [4.69, 9.17) is 9.84 Å². The van der Waals surface area contributed by atoms with Crippen LogP contribution < -0.4 is 0 Å². The Morgan fingerprint density at radius 1 is 1.26 bits per heavy atom. The minimum atomic E-state index is -0.231. The van der Waals surface area contributed by atoms with Crippen molar-refractivity contribution in [3.63, 3.8) is 0 Å². The zero-order valence-corrected chi connectivity index (χ0v) is 11.8. The van der Waals surface area contributed by atoms with Gasteiger partial charge in [-0.15, -0.1) is 0 Å². The molecule has 0 saturated heterocycles. The van der Waals surface area contributed by atoms with Crippen molar-refractivity contribution in [3.05, 3.63) is 40.2 Å². The van der Waals surface area contributed by atoms with E-state index in [9.17, 15) is 4.39 Å². The maximum absolute atomic E-state index is 13.0. The number of ether oxygens (including phenoxy) is 1. The molecule has 5 heteroatoms. The Morgan fingerprint density at radius 2 is 2.00 bits per heavy atom. The summed E-state index contributed by atoms with van der Waals surface area (Å²) < 4.78 is 21.8. The Bertz CT molecular complexity index is 646. The maximum atomic E-state index is 13.0. The molecule has 2 aromatic rings. The van der Waals surface area contributed by atoms with Crippen LogP contribution in [0, 0.1) is 5.82 Å². The first-order chi connectivity index (χ1) is 9.20. The molecule has 0 atom stereocenters. The standard InChI is InChI=1S/C14H12BrFN2O/c15-12-11-7-19-8-14(5-6-14)18(11)17-13(12)9-1-3-10(16)4-2-9/h1-4H,5-8H2. The molecule has 1 aromatic carbocycles. The SMILES string of the molecule is Fc1ccc(-c2nn3c(c2Br)COCC32CC2)cc1. The number of halogens is 2. The van der Waals surface area contributed by atoms with Crippen molar-refractivity contribution in [2.24, 2.45) is 0 Å². The van der Waals surface area contributed by atoms with Crippen molar-refractivity contribution in [3.8, 4) is 11.3 Å². The van der Waals surface area contributed by atoms with Crippen molar-refractivity contribution in [2.75, 3.05) is 6.61 Å². The van der Waals surface area contributed by atoms with Gasteiger partial charge in [0.25, 0.3) is 0 Å². The number of nitrogens with zero attached hydrogens (tertiary/aromatic N) is 2. The molecule has 1 fully saturated rings. The predicted octanol–water partition coefficient (Wildman–Crippen LogP) is 3.47. The Hall–Kier alpha value is -1.20. The Morgan fingerprint density at radius 3 is 2.68 bits per heavy atom. The van der Waals surface area contributed by atoms with Gasteiger partial charge in [-0.3, -0.25) is 4.68 Å². The first kappa shape index (κ1) is 11.6. The molecule has 2 heterocycles. The first-order valence-corrected chi connectivity index (χ1v) is 7.10. The van der Waals surface area contributed by atoms with E-state index in [1.54, 1.807) is 12.1 Å². The molecule has 0 bridgehead atoms. The van der Waals surface area contributed by atoms with Gasteiger partial charge in [0.2, 0.25) is 0 Å². The minimum Gasteiger partial charge on any atom is -0.373 e. The zero-order valence-electron chi connectivity index (χ0n) is 10.2. The highest BCUT2D eigenvalue weighted by molar-refractivity contribution is 9.10. The van der Waals surface area contributed by atoms with Gasteiger partial charge < -0.3 is 4.74 Å². The van der Waals surface area contributed by atoms with Crippen molar-refractivity contribution in [1.29, 1.82) is 0 Å². The van der Waals surface area contributed by atoms with Crippen LogP contribution in [0.2, 0.25) is 0 Å². The van der Waals surface area contributed by atoms with E-state index in [2.05, 4.69) is 20.6 Å². The third-order valence-corrected chi connectivity index (χ3v) is 4.75. The molecule has 19 heavy (non-hydrogen) atoms. The summed E-state index contributed by atoms with van der Waals surface area (Å²) in [5.74, 6) is -0.231. The second kappa shape index (κ2) is 3.90. The molecular weight excluding hydrogens is 311 g/mol. The van der Waals surface area contributed by atoms with Crippen LogP contribution in [0.25, 0.3) is 11.3 Å². The molecule has 0 radical (unpaired) electrons. The molecule has 1 aliphatic carbocycles. The summed E-state index contributed by atoms with van der Waals surface area (Å²) in [7, 11) is 0. The summed E-state index contributed by atoms with van der Waals surface area (Å²) in [6.07, 6.45) is 2.24. The van der Waals surface area contributed by atoms with Gasteiger partial charge in [0.15, 0.2) is 0 Å². The van der Waals surface area contributed by atoms with Crippen LogP contribution in [0.3, 0.4) is 0 Å². The summed E-state index contributed by atoms with van der Waals surface area (Å²) in [4.78, 5) is 0. The summed E-state index contributed by atoms with van der Waals surface area (Å²) in [6.45, 7) is 1.33. The third-order valence-electron chi connectivity index (χ3n) is 3.92. The minimum absolute atomic E-state index is 0.0778. The third kappa shape index (κ3) is 1.68. The van der Waals surface area contributed by atoms with Crippen molar-refractivity contribution in [1.82, 2.24) is 9.78 Å². The molecule has 0 amide bonds. The van der Waals surface area contributed by atoms with Gasteiger partial charge in [0.05, 0.1) is 28.9 Å². The lowest BCUT2D eigenvalue weighted by Gasteiger charge is -2.24. The largest absolute Gasteiger partial charge is 0.373 e. The molecule has 1 saturated carbocycles. The molecule has 0 N–H and O–H groups in total. The second-order valence-corrected chi connectivity index (χ2v) is 6.04. The zero-order chi connectivity index (χ0) is 13.0. The number of hydrogen-bond donors (Lipinski definition) is 0. The van der Waals surface area contributed by atoms with E-state index in [0.717, 1.165) is 40.9 Å². The number of aromatic nitrogens is 2. The van der Waals surface area contributed by atoms with Crippen LogP contribution in [-0.2, 0) is 16.9 Å². The van der Waals surface area contributed by atoms with Crippen molar-refractivity contribution in [2.45, 2.75) is 25.0 Å².